The molecule has 0 unspecified atom stereocenters. The third kappa shape index (κ3) is 5.66. The largest absolute Gasteiger partial charge is 0.489 e. The number of carbonyl (C=O) groups excluding carboxylic acids is 1. The third-order valence-electron chi connectivity index (χ3n) is 4.01. The van der Waals surface area contributed by atoms with Crippen LogP contribution in [0.2, 0.25) is 5.02 Å². The van der Waals surface area contributed by atoms with Crippen molar-refractivity contribution in [2.24, 2.45) is 0 Å². The smallest absolute Gasteiger partial charge is 0.277 e. The molecule has 0 saturated carbocycles. The molecular weight excluding hydrogens is 401 g/mol. The summed E-state index contributed by atoms with van der Waals surface area (Å²) in [5, 5.41) is 13.0. The molecule has 1 heterocycles. The lowest BCUT2D eigenvalue weighted by atomic mass is 10.2. The first kappa shape index (κ1) is 20.6. The van der Waals surface area contributed by atoms with Crippen LogP contribution in [0.1, 0.15) is 21.6 Å². The van der Waals surface area contributed by atoms with Gasteiger partial charge in [-0.05, 0) is 40.1 Å². The van der Waals surface area contributed by atoms with Gasteiger partial charge in [-0.2, -0.15) is 0 Å². The number of nitrogens with zero attached hydrogens (tertiary/aromatic N) is 2. The summed E-state index contributed by atoms with van der Waals surface area (Å²) in [5.41, 5.74) is 6.77. The van der Waals surface area contributed by atoms with Crippen molar-refractivity contribution in [2.75, 3.05) is 18.8 Å². The lowest BCUT2D eigenvalue weighted by molar-refractivity contribution is 0.0944. The summed E-state index contributed by atoms with van der Waals surface area (Å²) >= 11 is 5.99. The minimum atomic E-state index is -0.443. The van der Waals surface area contributed by atoms with Gasteiger partial charge >= 0.3 is 0 Å². The molecule has 0 radical (unpaired) electrons. The third-order valence-corrected chi connectivity index (χ3v) is 4.37. The maximum Gasteiger partial charge on any atom is 0.277 e. The van der Waals surface area contributed by atoms with Crippen molar-refractivity contribution in [1.82, 2.24) is 20.9 Å². The van der Waals surface area contributed by atoms with E-state index in [4.69, 9.17) is 22.1 Å². The number of anilines is 1. The van der Waals surface area contributed by atoms with E-state index in [1.165, 1.54) is 6.07 Å². The lowest BCUT2D eigenvalue weighted by Gasteiger charge is -2.10. The average molecular weight is 420 g/mol. The van der Waals surface area contributed by atoms with E-state index in [1.807, 2.05) is 12.1 Å². The van der Waals surface area contributed by atoms with Gasteiger partial charge in [0, 0.05) is 25.2 Å². The normalized spacial score (nSPS) is 10.7. The highest BCUT2D eigenvalue weighted by atomic mass is 35.5. The van der Waals surface area contributed by atoms with Crippen LogP contribution in [-0.2, 0) is 13.2 Å². The molecule has 0 bridgehead atoms. The quantitative estimate of drug-likeness (QED) is 0.456. The molecule has 29 heavy (non-hydrogen) atoms. The van der Waals surface area contributed by atoms with E-state index in [-0.39, 0.29) is 18.1 Å². The minimum absolute atomic E-state index is 0.0303. The van der Waals surface area contributed by atoms with E-state index < -0.39 is 11.7 Å². The number of nitrogens with two attached hydrogens (primary N) is 1. The molecule has 8 nitrogen and oxygen atoms in total. The number of halogens is 2. The van der Waals surface area contributed by atoms with Crippen LogP contribution in [0.15, 0.2) is 47.1 Å². The zero-order chi connectivity index (χ0) is 20.6. The number of hydrogen-bond donors (Lipinski definition) is 3. The van der Waals surface area contributed by atoms with E-state index in [0.717, 1.165) is 5.56 Å². The number of hydrogen-bond acceptors (Lipinski definition) is 7. The van der Waals surface area contributed by atoms with Crippen molar-refractivity contribution in [2.45, 2.75) is 13.2 Å². The molecule has 0 saturated heterocycles. The minimum Gasteiger partial charge on any atom is -0.489 e. The summed E-state index contributed by atoms with van der Waals surface area (Å²) in [7, 11) is 0. The van der Waals surface area contributed by atoms with Crippen molar-refractivity contribution < 1.29 is 18.6 Å². The molecule has 0 aliphatic heterocycles. The number of benzene rings is 2. The molecule has 0 fully saturated rings. The Morgan fingerprint density at radius 3 is 2.66 bits per heavy atom. The maximum atomic E-state index is 13.8. The summed E-state index contributed by atoms with van der Waals surface area (Å²) in [6.07, 6.45) is 0. The van der Waals surface area contributed by atoms with Crippen molar-refractivity contribution in [3.8, 4) is 5.75 Å². The van der Waals surface area contributed by atoms with E-state index in [0.29, 0.717) is 36.0 Å². The Bertz CT molecular complexity index is 944. The standard InChI is InChI=1S/C19H19ClFN5O3/c20-15-2-1-3-16(21)14(15)11-28-13-6-4-12(5-7-13)10-23-8-9-24-19(27)17-18(22)26-29-25-17/h1-7,23H,8-11H2,(H2,22,26)(H,24,27). The van der Waals surface area contributed by atoms with E-state index >= 15 is 0 Å². The molecule has 4 N–H and O–H groups in total. The summed E-state index contributed by atoms with van der Waals surface area (Å²) in [4.78, 5) is 11.8. The molecule has 2 aromatic carbocycles. The van der Waals surface area contributed by atoms with Gasteiger partial charge in [0.15, 0.2) is 0 Å². The molecule has 1 amide bonds. The fourth-order valence-electron chi connectivity index (χ4n) is 2.46. The van der Waals surface area contributed by atoms with Gasteiger partial charge in [0.2, 0.25) is 11.5 Å². The van der Waals surface area contributed by atoms with Gasteiger partial charge in [0.1, 0.15) is 18.2 Å². The molecule has 10 heteroatoms. The summed E-state index contributed by atoms with van der Waals surface area (Å²) in [5.74, 6) is -0.274. The fraction of sp³-hybridized carbons (Fsp3) is 0.211. The van der Waals surface area contributed by atoms with Crippen LogP contribution >= 0.6 is 11.6 Å². The number of aromatic nitrogens is 2. The predicted molar refractivity (Wildman–Crippen MR) is 105 cm³/mol. The predicted octanol–water partition coefficient (Wildman–Crippen LogP) is 2.54. The highest BCUT2D eigenvalue weighted by Crippen LogP contribution is 2.21. The van der Waals surface area contributed by atoms with Crippen molar-refractivity contribution in [1.29, 1.82) is 0 Å². The first-order valence-corrected chi connectivity index (χ1v) is 9.14. The Balaban J connectivity index is 1.38. The molecule has 0 atom stereocenters. The zero-order valence-electron chi connectivity index (χ0n) is 15.3. The fourth-order valence-corrected chi connectivity index (χ4v) is 2.68. The Morgan fingerprint density at radius 2 is 1.97 bits per heavy atom. The van der Waals surface area contributed by atoms with Crippen LogP contribution in [0.25, 0.3) is 0 Å². The molecular formula is C19H19ClFN5O3. The van der Waals surface area contributed by atoms with Crippen LogP contribution < -0.4 is 21.1 Å². The highest BCUT2D eigenvalue weighted by molar-refractivity contribution is 6.31. The number of nitrogens with one attached hydrogen (secondary N) is 2. The van der Waals surface area contributed by atoms with Gasteiger partial charge in [0.25, 0.3) is 5.91 Å². The van der Waals surface area contributed by atoms with E-state index in [2.05, 4.69) is 25.6 Å². The Hall–Kier alpha value is -3.17. The van der Waals surface area contributed by atoms with Crippen molar-refractivity contribution in [3.05, 3.63) is 70.1 Å². The van der Waals surface area contributed by atoms with Crippen LogP contribution in [0.3, 0.4) is 0 Å². The van der Waals surface area contributed by atoms with Gasteiger partial charge in [0.05, 0.1) is 5.02 Å². The first-order chi connectivity index (χ1) is 14.0. The number of nitrogen functional groups attached to an aromatic ring is 1. The van der Waals surface area contributed by atoms with Gasteiger partial charge in [-0.1, -0.05) is 29.8 Å². The molecule has 0 aliphatic carbocycles. The average Bonchev–Trinajstić information content (AvgIpc) is 3.14. The van der Waals surface area contributed by atoms with E-state index in [1.54, 1.807) is 24.3 Å². The Kier molecular flexibility index (Phi) is 6.99. The van der Waals surface area contributed by atoms with Crippen LogP contribution in [0, 0.1) is 5.82 Å². The summed E-state index contributed by atoms with van der Waals surface area (Å²) < 4.78 is 23.7. The van der Waals surface area contributed by atoms with Crippen LogP contribution in [-0.4, -0.2) is 29.3 Å². The number of carbonyl (C=O) groups is 1. The second-order valence-electron chi connectivity index (χ2n) is 6.06. The first-order valence-electron chi connectivity index (χ1n) is 8.76. The maximum absolute atomic E-state index is 13.8. The SMILES string of the molecule is Nc1nonc1C(=O)NCCNCc1ccc(OCc2c(F)cccc2Cl)cc1. The Labute approximate surface area is 171 Å². The second kappa shape index (κ2) is 9.85. The topological polar surface area (TPSA) is 115 Å². The second-order valence-corrected chi connectivity index (χ2v) is 6.47. The molecule has 3 rings (SSSR count). The molecule has 3 aromatic rings. The van der Waals surface area contributed by atoms with Crippen molar-refractivity contribution in [3.63, 3.8) is 0 Å². The zero-order valence-corrected chi connectivity index (χ0v) is 16.1. The van der Waals surface area contributed by atoms with Crippen LogP contribution in [0.4, 0.5) is 10.2 Å². The molecule has 1 aromatic heterocycles. The Morgan fingerprint density at radius 1 is 1.17 bits per heavy atom. The number of rotatable bonds is 9. The summed E-state index contributed by atoms with van der Waals surface area (Å²) in [6, 6.07) is 11.9. The van der Waals surface area contributed by atoms with E-state index in [9.17, 15) is 9.18 Å². The van der Waals surface area contributed by atoms with Gasteiger partial charge in [-0.3, -0.25) is 4.79 Å². The van der Waals surface area contributed by atoms with Crippen LogP contribution in [0.5, 0.6) is 5.75 Å². The van der Waals surface area contributed by atoms with Gasteiger partial charge < -0.3 is 21.1 Å². The number of amides is 1. The molecule has 0 spiro atoms. The number of ether oxygens (including phenoxy) is 1. The molecule has 0 aliphatic rings. The van der Waals surface area contributed by atoms with Gasteiger partial charge in [-0.15, -0.1) is 0 Å². The summed E-state index contributed by atoms with van der Waals surface area (Å²) in [6.45, 7) is 1.58. The van der Waals surface area contributed by atoms with Gasteiger partial charge in [-0.25, -0.2) is 9.02 Å². The molecule has 152 valence electrons. The lowest BCUT2D eigenvalue weighted by Crippen LogP contribution is -2.32. The monoisotopic (exact) mass is 419 g/mol. The van der Waals surface area contributed by atoms with Crippen molar-refractivity contribution >= 4 is 23.3 Å². The highest BCUT2D eigenvalue weighted by Gasteiger charge is 2.14.